The predicted octanol–water partition coefficient (Wildman–Crippen LogP) is 1.51. The van der Waals surface area contributed by atoms with E-state index in [0.29, 0.717) is 13.0 Å². The van der Waals surface area contributed by atoms with E-state index in [1.807, 2.05) is 30.2 Å². The van der Waals surface area contributed by atoms with Gasteiger partial charge in [-0.2, -0.15) is 0 Å². The van der Waals surface area contributed by atoms with Crippen LogP contribution in [0.15, 0.2) is 18.3 Å². The molecule has 0 aliphatic carbocycles. The number of hydrogen-bond acceptors (Lipinski definition) is 2. The molecule has 1 aliphatic rings. The van der Waals surface area contributed by atoms with E-state index in [9.17, 15) is 4.79 Å². The maximum Gasteiger partial charge on any atom is 0.222 e. The van der Waals surface area contributed by atoms with Crippen LogP contribution in [0.2, 0.25) is 0 Å². The molecule has 14 heavy (non-hydrogen) atoms. The summed E-state index contributed by atoms with van der Waals surface area (Å²) in [7, 11) is 0. The lowest BCUT2D eigenvalue weighted by atomic mass is 10.2. The highest BCUT2D eigenvalue weighted by molar-refractivity contribution is 5.78. The molecule has 2 heterocycles. The van der Waals surface area contributed by atoms with Gasteiger partial charge in [0.1, 0.15) is 0 Å². The van der Waals surface area contributed by atoms with Crippen molar-refractivity contribution in [3.63, 3.8) is 0 Å². The van der Waals surface area contributed by atoms with E-state index < -0.39 is 0 Å². The van der Waals surface area contributed by atoms with Crippen molar-refractivity contribution in [2.75, 3.05) is 6.54 Å². The predicted molar refractivity (Wildman–Crippen MR) is 53.6 cm³/mol. The largest absolute Gasteiger partial charge is 0.338 e. The number of carbonyl (C=O) groups is 1. The third kappa shape index (κ3) is 1.92. The van der Waals surface area contributed by atoms with Crippen LogP contribution < -0.4 is 0 Å². The van der Waals surface area contributed by atoms with Gasteiger partial charge in [-0.3, -0.25) is 9.78 Å². The first-order valence-electron chi connectivity index (χ1n) is 4.95. The lowest BCUT2D eigenvalue weighted by Gasteiger charge is -2.14. The zero-order valence-electron chi connectivity index (χ0n) is 8.36. The van der Waals surface area contributed by atoms with Crippen molar-refractivity contribution in [1.29, 1.82) is 0 Å². The number of nitrogens with zero attached hydrogens (tertiary/aromatic N) is 2. The summed E-state index contributed by atoms with van der Waals surface area (Å²) in [6, 6.07) is 4.02. The summed E-state index contributed by atoms with van der Waals surface area (Å²) in [6.45, 7) is 3.57. The first kappa shape index (κ1) is 9.19. The van der Waals surface area contributed by atoms with E-state index in [1.54, 1.807) is 0 Å². The molecule has 0 unspecified atom stereocenters. The molecule has 0 saturated carbocycles. The Kier molecular flexibility index (Phi) is 2.48. The van der Waals surface area contributed by atoms with Gasteiger partial charge in [-0.1, -0.05) is 6.07 Å². The molecular weight excluding hydrogens is 176 g/mol. The first-order chi connectivity index (χ1) is 6.75. The van der Waals surface area contributed by atoms with E-state index in [2.05, 4.69) is 4.98 Å². The van der Waals surface area contributed by atoms with Gasteiger partial charge in [-0.25, -0.2) is 0 Å². The Morgan fingerprint density at radius 1 is 1.50 bits per heavy atom. The van der Waals surface area contributed by atoms with Crippen molar-refractivity contribution < 1.29 is 4.79 Å². The highest BCUT2D eigenvalue weighted by Crippen LogP contribution is 2.13. The van der Waals surface area contributed by atoms with Crippen molar-refractivity contribution in [3.8, 4) is 0 Å². The number of likely N-dealkylation sites (tertiary alicyclic amines) is 1. The van der Waals surface area contributed by atoms with Crippen LogP contribution in [0.3, 0.4) is 0 Å². The molecule has 0 N–H and O–H groups in total. The van der Waals surface area contributed by atoms with Gasteiger partial charge in [-0.05, 0) is 25.0 Å². The molecule has 0 spiro atoms. The topological polar surface area (TPSA) is 33.2 Å². The average Bonchev–Trinajstić information content (AvgIpc) is 2.56. The molecule has 0 bridgehead atoms. The fourth-order valence-electron chi connectivity index (χ4n) is 1.68. The number of rotatable bonds is 2. The first-order valence-corrected chi connectivity index (χ1v) is 4.95. The quantitative estimate of drug-likeness (QED) is 0.708. The molecule has 1 aromatic heterocycles. The average molecular weight is 190 g/mol. The van der Waals surface area contributed by atoms with Gasteiger partial charge >= 0.3 is 0 Å². The number of hydrogen-bond donors (Lipinski definition) is 0. The molecule has 2 rings (SSSR count). The van der Waals surface area contributed by atoms with Gasteiger partial charge in [0.2, 0.25) is 5.91 Å². The van der Waals surface area contributed by atoms with Crippen LogP contribution in [-0.2, 0) is 11.3 Å². The SMILES string of the molecule is Cc1ccc(CN2CCCC2=O)cn1. The third-order valence-corrected chi connectivity index (χ3v) is 2.52. The van der Waals surface area contributed by atoms with E-state index in [-0.39, 0.29) is 5.91 Å². The Morgan fingerprint density at radius 3 is 2.93 bits per heavy atom. The van der Waals surface area contributed by atoms with Gasteiger partial charge in [0, 0.05) is 31.4 Å². The summed E-state index contributed by atoms with van der Waals surface area (Å²) in [4.78, 5) is 17.5. The fourth-order valence-corrected chi connectivity index (χ4v) is 1.68. The molecule has 1 amide bonds. The minimum Gasteiger partial charge on any atom is -0.338 e. The van der Waals surface area contributed by atoms with Crippen molar-refractivity contribution in [2.24, 2.45) is 0 Å². The second-order valence-electron chi connectivity index (χ2n) is 3.73. The van der Waals surface area contributed by atoms with Gasteiger partial charge in [0.25, 0.3) is 0 Å². The Labute approximate surface area is 83.8 Å². The summed E-state index contributed by atoms with van der Waals surface area (Å²) in [6.07, 6.45) is 3.55. The molecule has 1 aliphatic heterocycles. The standard InChI is InChI=1S/C11H14N2O/c1-9-4-5-10(7-12-9)8-13-6-2-3-11(13)14/h4-5,7H,2-3,6,8H2,1H3. The normalized spacial score (nSPS) is 16.4. The van der Waals surface area contributed by atoms with Crippen molar-refractivity contribution in [1.82, 2.24) is 9.88 Å². The Morgan fingerprint density at radius 2 is 2.36 bits per heavy atom. The number of amides is 1. The Bertz CT molecular complexity index is 332. The third-order valence-electron chi connectivity index (χ3n) is 2.52. The second-order valence-corrected chi connectivity index (χ2v) is 3.73. The van der Waals surface area contributed by atoms with Crippen LogP contribution in [0, 0.1) is 6.92 Å². The molecule has 3 heteroatoms. The minimum absolute atomic E-state index is 0.269. The van der Waals surface area contributed by atoms with Gasteiger partial charge in [0.05, 0.1) is 0 Å². The summed E-state index contributed by atoms with van der Waals surface area (Å²) in [5.41, 5.74) is 2.13. The molecule has 74 valence electrons. The van der Waals surface area contributed by atoms with Crippen molar-refractivity contribution >= 4 is 5.91 Å². The molecule has 1 fully saturated rings. The molecule has 1 aromatic rings. The monoisotopic (exact) mass is 190 g/mol. The van der Waals surface area contributed by atoms with Crippen LogP contribution in [0.25, 0.3) is 0 Å². The minimum atomic E-state index is 0.269. The van der Waals surface area contributed by atoms with Gasteiger partial charge in [-0.15, -0.1) is 0 Å². The van der Waals surface area contributed by atoms with E-state index in [0.717, 1.165) is 24.2 Å². The van der Waals surface area contributed by atoms with E-state index >= 15 is 0 Å². The van der Waals surface area contributed by atoms with E-state index in [1.165, 1.54) is 0 Å². The zero-order chi connectivity index (χ0) is 9.97. The number of carbonyl (C=O) groups excluding carboxylic acids is 1. The molecule has 0 atom stereocenters. The molecular formula is C11H14N2O. The lowest BCUT2D eigenvalue weighted by Crippen LogP contribution is -2.23. The van der Waals surface area contributed by atoms with Gasteiger partial charge < -0.3 is 4.90 Å². The zero-order valence-corrected chi connectivity index (χ0v) is 8.36. The smallest absolute Gasteiger partial charge is 0.222 e. The van der Waals surface area contributed by atoms with Crippen molar-refractivity contribution in [3.05, 3.63) is 29.6 Å². The summed E-state index contributed by atoms with van der Waals surface area (Å²) >= 11 is 0. The second kappa shape index (κ2) is 3.78. The van der Waals surface area contributed by atoms with E-state index in [4.69, 9.17) is 0 Å². The summed E-state index contributed by atoms with van der Waals surface area (Å²) in [5, 5.41) is 0. The highest BCUT2D eigenvalue weighted by atomic mass is 16.2. The van der Waals surface area contributed by atoms with Crippen LogP contribution in [0.4, 0.5) is 0 Å². The maximum atomic E-state index is 11.4. The van der Waals surface area contributed by atoms with Crippen molar-refractivity contribution in [2.45, 2.75) is 26.3 Å². The number of aryl methyl sites for hydroxylation is 1. The van der Waals surface area contributed by atoms with Crippen LogP contribution in [0.5, 0.6) is 0 Å². The molecule has 3 nitrogen and oxygen atoms in total. The highest BCUT2D eigenvalue weighted by Gasteiger charge is 2.19. The van der Waals surface area contributed by atoms with Gasteiger partial charge in [0.15, 0.2) is 0 Å². The summed E-state index contributed by atoms with van der Waals surface area (Å²) in [5.74, 6) is 0.269. The van der Waals surface area contributed by atoms with Crippen LogP contribution >= 0.6 is 0 Å². The fraction of sp³-hybridized carbons (Fsp3) is 0.455. The molecule has 0 radical (unpaired) electrons. The Balaban J connectivity index is 2.03. The lowest BCUT2D eigenvalue weighted by molar-refractivity contribution is -0.128. The summed E-state index contributed by atoms with van der Waals surface area (Å²) < 4.78 is 0. The number of pyridine rings is 1. The van der Waals surface area contributed by atoms with Crippen LogP contribution in [-0.4, -0.2) is 22.3 Å². The van der Waals surface area contributed by atoms with Crippen LogP contribution in [0.1, 0.15) is 24.1 Å². The Hall–Kier alpha value is -1.38. The number of aromatic nitrogens is 1. The molecule has 1 saturated heterocycles. The molecule has 0 aromatic carbocycles. The maximum absolute atomic E-state index is 11.4.